The molecule has 0 unspecified atom stereocenters. The van der Waals surface area contributed by atoms with Crippen LogP contribution in [0.4, 0.5) is 0 Å². The number of ether oxygens (including phenoxy) is 1. The van der Waals surface area contributed by atoms with E-state index in [1.54, 1.807) is 0 Å². The van der Waals surface area contributed by atoms with Gasteiger partial charge in [0.05, 0.1) is 6.61 Å². The number of nitrogens with two attached hydrogens (primary N) is 1. The van der Waals surface area contributed by atoms with E-state index in [1.807, 2.05) is 18.2 Å². The van der Waals surface area contributed by atoms with Gasteiger partial charge in [0.1, 0.15) is 5.75 Å². The van der Waals surface area contributed by atoms with Crippen molar-refractivity contribution in [3.05, 3.63) is 65.2 Å². The van der Waals surface area contributed by atoms with Crippen LogP contribution in [0.3, 0.4) is 0 Å². The average molecular weight is 295 g/mol. The molecule has 0 aliphatic heterocycles. The van der Waals surface area contributed by atoms with Crippen LogP contribution in [0.2, 0.25) is 0 Å². The maximum absolute atomic E-state index is 5.79. The summed E-state index contributed by atoms with van der Waals surface area (Å²) < 4.78 is 5.79. The van der Waals surface area contributed by atoms with Crippen molar-refractivity contribution in [2.45, 2.75) is 26.2 Å². The van der Waals surface area contributed by atoms with Crippen molar-refractivity contribution in [2.75, 3.05) is 13.2 Å². The van der Waals surface area contributed by atoms with E-state index in [-0.39, 0.29) is 0 Å². The van der Waals surface area contributed by atoms with E-state index >= 15 is 0 Å². The van der Waals surface area contributed by atoms with Crippen LogP contribution in [0.15, 0.2) is 48.5 Å². The van der Waals surface area contributed by atoms with E-state index in [1.165, 1.54) is 11.1 Å². The van der Waals surface area contributed by atoms with Crippen LogP contribution in [0.25, 0.3) is 12.2 Å². The summed E-state index contributed by atoms with van der Waals surface area (Å²) in [5.74, 6) is 0.944. The van der Waals surface area contributed by atoms with Gasteiger partial charge in [-0.3, -0.25) is 0 Å². The summed E-state index contributed by atoms with van der Waals surface area (Å²) in [6.07, 6.45) is 7.34. The lowest BCUT2D eigenvalue weighted by molar-refractivity contribution is 0.317. The van der Waals surface area contributed by atoms with Crippen molar-refractivity contribution in [3.63, 3.8) is 0 Å². The molecule has 0 aliphatic carbocycles. The quantitative estimate of drug-likeness (QED) is 0.726. The first-order valence-electron chi connectivity index (χ1n) is 8.02. The zero-order chi connectivity index (χ0) is 15.6. The molecule has 2 rings (SSSR count). The van der Waals surface area contributed by atoms with Crippen LogP contribution in [0, 0.1) is 0 Å². The van der Waals surface area contributed by atoms with Gasteiger partial charge in [-0.05, 0) is 43.0 Å². The molecule has 0 atom stereocenters. The van der Waals surface area contributed by atoms with Gasteiger partial charge in [0.2, 0.25) is 0 Å². The largest absolute Gasteiger partial charge is 0.493 e. The van der Waals surface area contributed by atoms with Crippen molar-refractivity contribution in [3.8, 4) is 5.75 Å². The summed E-state index contributed by atoms with van der Waals surface area (Å²) in [6, 6.07) is 16.8. The van der Waals surface area contributed by atoms with Crippen LogP contribution in [0.1, 0.15) is 36.5 Å². The maximum atomic E-state index is 5.79. The van der Waals surface area contributed by atoms with E-state index in [4.69, 9.17) is 10.5 Å². The van der Waals surface area contributed by atoms with Gasteiger partial charge >= 0.3 is 0 Å². The van der Waals surface area contributed by atoms with Crippen molar-refractivity contribution in [1.82, 2.24) is 0 Å². The van der Waals surface area contributed by atoms with Crippen molar-refractivity contribution < 1.29 is 4.74 Å². The van der Waals surface area contributed by atoms with Gasteiger partial charge in [-0.2, -0.15) is 0 Å². The molecule has 0 saturated heterocycles. The Bertz CT molecular complexity index is 604. The van der Waals surface area contributed by atoms with E-state index in [2.05, 4.69) is 49.4 Å². The third-order valence-corrected chi connectivity index (χ3v) is 3.46. The molecule has 0 bridgehead atoms. The predicted molar refractivity (Wildman–Crippen MR) is 95.0 cm³/mol. The Morgan fingerprint density at radius 2 is 1.91 bits per heavy atom. The molecule has 2 N–H and O–H groups in total. The second-order valence-corrected chi connectivity index (χ2v) is 5.36. The molecule has 2 aromatic rings. The van der Waals surface area contributed by atoms with Gasteiger partial charge in [0, 0.05) is 5.56 Å². The summed E-state index contributed by atoms with van der Waals surface area (Å²) in [7, 11) is 0. The zero-order valence-corrected chi connectivity index (χ0v) is 13.3. The monoisotopic (exact) mass is 295 g/mol. The molecule has 0 radical (unpaired) electrons. The van der Waals surface area contributed by atoms with Gasteiger partial charge in [0.15, 0.2) is 0 Å². The third kappa shape index (κ3) is 5.05. The summed E-state index contributed by atoms with van der Waals surface area (Å²) in [5.41, 5.74) is 9.24. The Morgan fingerprint density at radius 1 is 1.05 bits per heavy atom. The number of benzene rings is 2. The highest BCUT2D eigenvalue weighted by Crippen LogP contribution is 2.21. The van der Waals surface area contributed by atoms with Crippen LogP contribution < -0.4 is 10.5 Å². The topological polar surface area (TPSA) is 35.2 Å². The smallest absolute Gasteiger partial charge is 0.126 e. The van der Waals surface area contributed by atoms with Crippen LogP contribution in [0.5, 0.6) is 5.75 Å². The Balaban J connectivity index is 2.11. The highest BCUT2D eigenvalue weighted by molar-refractivity contribution is 5.72. The molecule has 2 heteroatoms. The minimum atomic E-state index is 0.738. The van der Waals surface area contributed by atoms with Gasteiger partial charge in [0.25, 0.3) is 0 Å². The van der Waals surface area contributed by atoms with E-state index in [0.29, 0.717) is 0 Å². The molecule has 22 heavy (non-hydrogen) atoms. The Hall–Kier alpha value is -2.06. The van der Waals surface area contributed by atoms with Gasteiger partial charge in [-0.25, -0.2) is 0 Å². The van der Waals surface area contributed by atoms with Crippen molar-refractivity contribution in [1.29, 1.82) is 0 Å². The summed E-state index contributed by atoms with van der Waals surface area (Å²) in [6.45, 7) is 3.60. The normalized spacial score (nSPS) is 11.0. The molecule has 2 nitrogen and oxygen atoms in total. The molecular weight excluding hydrogens is 270 g/mol. The average Bonchev–Trinajstić information content (AvgIpc) is 2.57. The van der Waals surface area contributed by atoms with Crippen LogP contribution in [-0.4, -0.2) is 13.2 Å². The molecule has 0 heterocycles. The molecule has 0 fully saturated rings. The lowest BCUT2D eigenvalue weighted by atomic mass is 10.1. The standard InChI is InChI=1S/C20H25NO/c1-2-15-22-20-11-4-3-10-19(20)13-12-18-8-5-7-17(16-18)9-6-14-21/h3-5,7-8,10-13,16H,2,6,9,14-15,21H2,1H3. The maximum Gasteiger partial charge on any atom is 0.126 e. The number of aryl methyl sites for hydroxylation is 1. The summed E-state index contributed by atoms with van der Waals surface area (Å²) >= 11 is 0. The van der Waals surface area contributed by atoms with E-state index in [9.17, 15) is 0 Å². The van der Waals surface area contributed by atoms with E-state index in [0.717, 1.165) is 43.7 Å². The van der Waals surface area contributed by atoms with Gasteiger partial charge < -0.3 is 10.5 Å². The molecule has 0 saturated carbocycles. The Kier molecular flexibility index (Phi) is 6.72. The lowest BCUT2D eigenvalue weighted by Gasteiger charge is -2.07. The van der Waals surface area contributed by atoms with Crippen LogP contribution in [-0.2, 0) is 6.42 Å². The number of hydrogen-bond acceptors (Lipinski definition) is 2. The molecule has 0 spiro atoms. The van der Waals surface area contributed by atoms with Gasteiger partial charge in [-0.15, -0.1) is 0 Å². The molecule has 0 aliphatic rings. The molecule has 0 amide bonds. The highest BCUT2D eigenvalue weighted by Gasteiger charge is 1.99. The third-order valence-electron chi connectivity index (χ3n) is 3.46. The SMILES string of the molecule is CCCOc1ccccc1C=Cc1cccc(CCCN)c1. The summed E-state index contributed by atoms with van der Waals surface area (Å²) in [4.78, 5) is 0. The fourth-order valence-electron chi connectivity index (χ4n) is 2.31. The van der Waals surface area contributed by atoms with Crippen molar-refractivity contribution >= 4 is 12.2 Å². The number of rotatable bonds is 8. The molecular formula is C20H25NO. The van der Waals surface area contributed by atoms with Crippen LogP contribution >= 0.6 is 0 Å². The lowest BCUT2D eigenvalue weighted by Crippen LogP contribution is -2.00. The minimum absolute atomic E-state index is 0.738. The summed E-state index contributed by atoms with van der Waals surface area (Å²) in [5, 5.41) is 0. The Morgan fingerprint density at radius 3 is 2.73 bits per heavy atom. The second kappa shape index (κ2) is 9.06. The molecule has 116 valence electrons. The first kappa shape index (κ1) is 16.3. The number of para-hydroxylation sites is 1. The zero-order valence-electron chi connectivity index (χ0n) is 13.3. The van der Waals surface area contributed by atoms with E-state index < -0.39 is 0 Å². The molecule has 2 aromatic carbocycles. The first-order chi connectivity index (χ1) is 10.8. The fourth-order valence-corrected chi connectivity index (χ4v) is 2.31. The highest BCUT2D eigenvalue weighted by atomic mass is 16.5. The predicted octanol–water partition coefficient (Wildman–Crippen LogP) is 4.54. The van der Waals surface area contributed by atoms with Crippen molar-refractivity contribution in [2.24, 2.45) is 5.73 Å². The minimum Gasteiger partial charge on any atom is -0.493 e. The number of hydrogen-bond donors (Lipinski definition) is 1. The fraction of sp³-hybridized carbons (Fsp3) is 0.300. The Labute approximate surface area is 133 Å². The molecule has 0 aromatic heterocycles. The van der Waals surface area contributed by atoms with Gasteiger partial charge in [-0.1, -0.05) is 61.5 Å². The second-order valence-electron chi connectivity index (χ2n) is 5.36. The first-order valence-corrected chi connectivity index (χ1v) is 8.02.